The molecule has 0 saturated heterocycles. The van der Waals surface area contributed by atoms with Crippen LogP contribution in [0.5, 0.6) is 0 Å². The van der Waals surface area contributed by atoms with Crippen molar-refractivity contribution in [2.45, 2.75) is 70.9 Å². The highest BCUT2D eigenvalue weighted by molar-refractivity contribution is 4.95. The lowest BCUT2D eigenvalue weighted by Crippen LogP contribution is -2.43. The normalized spacial score (nSPS) is 35.3. The van der Waals surface area contributed by atoms with Crippen molar-refractivity contribution in [1.82, 2.24) is 5.32 Å². The van der Waals surface area contributed by atoms with E-state index in [9.17, 15) is 0 Å². The third-order valence-corrected chi connectivity index (χ3v) is 3.95. The molecule has 2 aliphatic carbocycles. The fraction of sp³-hybridized carbons (Fsp3) is 0.857. The van der Waals surface area contributed by atoms with Gasteiger partial charge in [0.15, 0.2) is 0 Å². The van der Waals surface area contributed by atoms with Crippen LogP contribution in [0.3, 0.4) is 0 Å². The summed E-state index contributed by atoms with van der Waals surface area (Å²) in [6.45, 7) is 4.84. The first-order valence-electron chi connectivity index (χ1n) is 6.57. The van der Waals surface area contributed by atoms with Gasteiger partial charge in [0.05, 0.1) is 0 Å². The van der Waals surface area contributed by atoms with Gasteiger partial charge in [-0.25, -0.2) is 0 Å². The molecule has 0 amide bonds. The Balaban J connectivity index is 1.81. The Morgan fingerprint density at radius 1 is 1.13 bits per heavy atom. The number of rotatable bonds is 2. The van der Waals surface area contributed by atoms with Gasteiger partial charge in [-0.2, -0.15) is 0 Å². The molecule has 15 heavy (non-hydrogen) atoms. The maximum atomic E-state index is 3.86. The van der Waals surface area contributed by atoms with E-state index in [0.717, 1.165) is 12.1 Å². The Morgan fingerprint density at radius 3 is 2.67 bits per heavy atom. The van der Waals surface area contributed by atoms with E-state index in [4.69, 9.17) is 0 Å². The molecule has 1 fully saturated rings. The van der Waals surface area contributed by atoms with E-state index in [-0.39, 0.29) is 0 Å². The lowest BCUT2D eigenvalue weighted by atomic mass is 9.75. The van der Waals surface area contributed by atoms with Crippen molar-refractivity contribution in [1.29, 1.82) is 0 Å². The van der Waals surface area contributed by atoms with Gasteiger partial charge in [0, 0.05) is 12.1 Å². The first kappa shape index (κ1) is 11.2. The highest BCUT2D eigenvalue weighted by Gasteiger charge is 2.28. The summed E-state index contributed by atoms with van der Waals surface area (Å²) in [6, 6.07) is 1.54. The molecule has 0 aromatic rings. The first-order valence-corrected chi connectivity index (χ1v) is 6.57. The minimum absolute atomic E-state index is 0.570. The second-order valence-electron chi connectivity index (χ2n) is 6.11. The smallest absolute Gasteiger partial charge is 0.0107 e. The zero-order valence-corrected chi connectivity index (χ0v) is 10.3. The summed E-state index contributed by atoms with van der Waals surface area (Å²) >= 11 is 0. The van der Waals surface area contributed by atoms with E-state index < -0.39 is 0 Å². The fourth-order valence-corrected chi connectivity index (χ4v) is 3.12. The van der Waals surface area contributed by atoms with Crippen molar-refractivity contribution in [2.24, 2.45) is 5.41 Å². The number of allylic oxidation sites excluding steroid dienone is 1. The fourth-order valence-electron chi connectivity index (χ4n) is 3.12. The molecular formula is C14H25N. The van der Waals surface area contributed by atoms with Gasteiger partial charge in [-0.3, -0.25) is 0 Å². The molecule has 2 atom stereocenters. The molecule has 0 bridgehead atoms. The maximum Gasteiger partial charge on any atom is 0.0107 e. The topological polar surface area (TPSA) is 12.0 Å². The maximum absolute atomic E-state index is 3.86. The van der Waals surface area contributed by atoms with Crippen LogP contribution in [0.2, 0.25) is 0 Å². The molecule has 2 aliphatic rings. The van der Waals surface area contributed by atoms with Gasteiger partial charge >= 0.3 is 0 Å². The van der Waals surface area contributed by atoms with Crippen molar-refractivity contribution in [3.63, 3.8) is 0 Å². The largest absolute Gasteiger partial charge is 0.311 e. The average molecular weight is 207 g/mol. The Morgan fingerprint density at radius 2 is 2.00 bits per heavy atom. The molecule has 2 rings (SSSR count). The van der Waals surface area contributed by atoms with E-state index in [0.29, 0.717) is 5.41 Å². The molecule has 0 spiro atoms. The standard InChI is InChI=1S/C14H25N/c1-14(2)10-6-9-13(11-14)15-12-7-4-3-5-8-12/h3-4,12-13,15H,5-11H2,1-2H3. The van der Waals surface area contributed by atoms with E-state index >= 15 is 0 Å². The van der Waals surface area contributed by atoms with Gasteiger partial charge in [0.2, 0.25) is 0 Å². The molecule has 1 N–H and O–H groups in total. The zero-order valence-electron chi connectivity index (χ0n) is 10.3. The summed E-state index contributed by atoms with van der Waals surface area (Å²) < 4.78 is 0. The lowest BCUT2D eigenvalue weighted by molar-refractivity contribution is 0.187. The van der Waals surface area contributed by atoms with Crippen LogP contribution in [0.4, 0.5) is 0 Å². The van der Waals surface area contributed by atoms with Gasteiger partial charge in [-0.05, 0) is 43.9 Å². The highest BCUT2D eigenvalue weighted by Crippen LogP contribution is 2.35. The van der Waals surface area contributed by atoms with Gasteiger partial charge in [-0.1, -0.05) is 32.4 Å². The minimum atomic E-state index is 0.570. The highest BCUT2D eigenvalue weighted by atomic mass is 15.0. The van der Waals surface area contributed by atoms with Crippen LogP contribution in [0.15, 0.2) is 12.2 Å². The SMILES string of the molecule is CC1(C)CCCC(NC2CC=CCC2)C1. The molecule has 1 nitrogen and oxygen atoms in total. The van der Waals surface area contributed by atoms with Crippen LogP contribution in [-0.2, 0) is 0 Å². The molecule has 1 saturated carbocycles. The Bertz CT molecular complexity index is 229. The number of nitrogens with one attached hydrogen (secondary N) is 1. The quantitative estimate of drug-likeness (QED) is 0.681. The van der Waals surface area contributed by atoms with Gasteiger partial charge < -0.3 is 5.32 Å². The summed E-state index contributed by atoms with van der Waals surface area (Å²) in [5.41, 5.74) is 0.570. The van der Waals surface area contributed by atoms with E-state index in [1.807, 2.05) is 0 Å². The summed E-state index contributed by atoms with van der Waals surface area (Å²) in [7, 11) is 0. The van der Waals surface area contributed by atoms with Crippen LogP contribution in [0.1, 0.15) is 58.8 Å². The van der Waals surface area contributed by atoms with Crippen molar-refractivity contribution < 1.29 is 0 Å². The number of hydrogen-bond donors (Lipinski definition) is 1. The third kappa shape index (κ3) is 3.34. The van der Waals surface area contributed by atoms with Crippen molar-refractivity contribution >= 4 is 0 Å². The lowest BCUT2D eigenvalue weighted by Gasteiger charge is -2.37. The van der Waals surface area contributed by atoms with Crippen LogP contribution in [-0.4, -0.2) is 12.1 Å². The molecule has 0 radical (unpaired) electrons. The van der Waals surface area contributed by atoms with Gasteiger partial charge in [0.1, 0.15) is 0 Å². The monoisotopic (exact) mass is 207 g/mol. The average Bonchev–Trinajstić information content (AvgIpc) is 2.17. The second kappa shape index (κ2) is 4.69. The van der Waals surface area contributed by atoms with Gasteiger partial charge in [0.25, 0.3) is 0 Å². The molecule has 0 heterocycles. The van der Waals surface area contributed by atoms with Crippen LogP contribution in [0, 0.1) is 5.41 Å². The van der Waals surface area contributed by atoms with E-state index in [1.54, 1.807) is 0 Å². The summed E-state index contributed by atoms with van der Waals surface area (Å²) in [4.78, 5) is 0. The predicted molar refractivity (Wildman–Crippen MR) is 66.0 cm³/mol. The molecule has 1 heteroatoms. The molecular weight excluding hydrogens is 182 g/mol. The Kier molecular flexibility index (Phi) is 3.50. The molecule has 0 aliphatic heterocycles. The van der Waals surface area contributed by atoms with Crippen molar-refractivity contribution in [3.8, 4) is 0 Å². The summed E-state index contributed by atoms with van der Waals surface area (Å²) in [5.74, 6) is 0. The third-order valence-electron chi connectivity index (χ3n) is 3.95. The second-order valence-corrected chi connectivity index (χ2v) is 6.11. The zero-order chi connectivity index (χ0) is 10.7. The van der Waals surface area contributed by atoms with E-state index in [1.165, 1.54) is 44.9 Å². The first-order chi connectivity index (χ1) is 7.16. The minimum Gasteiger partial charge on any atom is -0.311 e. The van der Waals surface area contributed by atoms with E-state index in [2.05, 4.69) is 31.3 Å². The summed E-state index contributed by atoms with van der Waals surface area (Å²) in [5, 5.41) is 3.86. The Labute approximate surface area is 94.3 Å². The Hall–Kier alpha value is -0.300. The van der Waals surface area contributed by atoms with Crippen molar-refractivity contribution in [3.05, 3.63) is 12.2 Å². The van der Waals surface area contributed by atoms with Crippen LogP contribution < -0.4 is 5.32 Å². The van der Waals surface area contributed by atoms with Crippen molar-refractivity contribution in [2.75, 3.05) is 0 Å². The molecule has 0 aromatic heterocycles. The summed E-state index contributed by atoms with van der Waals surface area (Å²) in [6.07, 6.45) is 14.1. The molecule has 2 unspecified atom stereocenters. The predicted octanol–water partition coefficient (Wildman–Crippen LogP) is 3.65. The molecule has 0 aromatic carbocycles. The van der Waals surface area contributed by atoms with Crippen LogP contribution >= 0.6 is 0 Å². The van der Waals surface area contributed by atoms with Crippen LogP contribution in [0.25, 0.3) is 0 Å². The molecule has 86 valence electrons. The van der Waals surface area contributed by atoms with Gasteiger partial charge in [-0.15, -0.1) is 0 Å². The number of hydrogen-bond acceptors (Lipinski definition) is 1.